The number of likely N-dealkylation sites (tertiary alicyclic amines) is 1. The molecule has 1 saturated heterocycles. The molecule has 2 atom stereocenters. The van der Waals surface area contributed by atoms with Gasteiger partial charge in [0.2, 0.25) is 11.8 Å². The molecule has 6 heteroatoms. The van der Waals surface area contributed by atoms with Gasteiger partial charge in [-0.15, -0.1) is 12.4 Å². The average Bonchev–Trinajstić information content (AvgIpc) is 2.69. The maximum absolute atomic E-state index is 12.3. The van der Waals surface area contributed by atoms with Gasteiger partial charge in [-0.25, -0.2) is 0 Å². The minimum absolute atomic E-state index is 0. The van der Waals surface area contributed by atoms with Crippen molar-refractivity contribution >= 4 is 24.2 Å². The quantitative estimate of drug-likeness (QED) is 0.716. The van der Waals surface area contributed by atoms with E-state index in [0.29, 0.717) is 18.5 Å². The Hall–Kier alpha value is -0.810. The van der Waals surface area contributed by atoms with Crippen LogP contribution in [0.5, 0.6) is 0 Å². The Kier molecular flexibility index (Phi) is 9.67. The lowest BCUT2D eigenvalue weighted by atomic mass is 9.98. The molecule has 1 aliphatic carbocycles. The highest BCUT2D eigenvalue weighted by Gasteiger charge is 2.33. The Morgan fingerprint density at radius 3 is 2.29 bits per heavy atom. The van der Waals surface area contributed by atoms with Crippen molar-refractivity contribution in [3.8, 4) is 0 Å². The van der Waals surface area contributed by atoms with Crippen molar-refractivity contribution in [1.82, 2.24) is 15.5 Å². The summed E-state index contributed by atoms with van der Waals surface area (Å²) in [6.07, 6.45) is 9.53. The number of carbonyl (C=O) groups is 2. The van der Waals surface area contributed by atoms with Crippen LogP contribution in [0.2, 0.25) is 0 Å². The van der Waals surface area contributed by atoms with Gasteiger partial charge in [0.25, 0.3) is 0 Å². The first-order valence-corrected chi connectivity index (χ1v) is 9.37. The summed E-state index contributed by atoms with van der Waals surface area (Å²) in [5, 5.41) is 6.28. The lowest BCUT2D eigenvalue weighted by Gasteiger charge is -2.20. The van der Waals surface area contributed by atoms with E-state index in [-0.39, 0.29) is 30.3 Å². The first-order chi connectivity index (χ1) is 11.1. The normalized spacial score (nSPS) is 25.6. The van der Waals surface area contributed by atoms with Crippen LogP contribution in [0, 0.1) is 5.92 Å². The lowest BCUT2D eigenvalue weighted by molar-refractivity contribution is -0.122. The molecule has 140 valence electrons. The van der Waals surface area contributed by atoms with Gasteiger partial charge in [-0.3, -0.25) is 14.5 Å². The molecule has 0 unspecified atom stereocenters. The fourth-order valence-corrected chi connectivity index (χ4v) is 4.08. The van der Waals surface area contributed by atoms with Crippen molar-refractivity contribution < 1.29 is 9.59 Å². The molecule has 0 bridgehead atoms. The van der Waals surface area contributed by atoms with Gasteiger partial charge >= 0.3 is 0 Å². The first kappa shape index (κ1) is 21.2. The van der Waals surface area contributed by atoms with Crippen molar-refractivity contribution in [3.63, 3.8) is 0 Å². The van der Waals surface area contributed by atoms with Crippen LogP contribution in [-0.4, -0.2) is 48.4 Å². The minimum Gasteiger partial charge on any atom is -0.352 e. The first-order valence-electron chi connectivity index (χ1n) is 9.37. The van der Waals surface area contributed by atoms with Crippen LogP contribution in [0.4, 0.5) is 0 Å². The van der Waals surface area contributed by atoms with Crippen molar-refractivity contribution in [2.45, 2.75) is 77.3 Å². The molecule has 24 heavy (non-hydrogen) atoms. The van der Waals surface area contributed by atoms with E-state index in [1.807, 2.05) is 0 Å². The molecule has 0 aromatic rings. The van der Waals surface area contributed by atoms with E-state index < -0.39 is 0 Å². The Bertz CT molecular complexity index is 398. The van der Waals surface area contributed by atoms with Gasteiger partial charge in [-0.2, -0.15) is 0 Å². The summed E-state index contributed by atoms with van der Waals surface area (Å²) in [6, 6.07) is 0.559. The van der Waals surface area contributed by atoms with Gasteiger partial charge in [0.15, 0.2) is 0 Å². The number of hydrogen-bond donors (Lipinski definition) is 2. The second-order valence-corrected chi connectivity index (χ2v) is 7.31. The molecule has 5 nitrogen and oxygen atoms in total. The van der Waals surface area contributed by atoms with E-state index in [4.69, 9.17) is 0 Å². The van der Waals surface area contributed by atoms with Gasteiger partial charge < -0.3 is 10.6 Å². The molecule has 1 saturated carbocycles. The number of hydrogen-bond acceptors (Lipinski definition) is 3. The van der Waals surface area contributed by atoms with E-state index in [1.54, 1.807) is 6.92 Å². The van der Waals surface area contributed by atoms with E-state index >= 15 is 0 Å². The second kappa shape index (κ2) is 10.9. The summed E-state index contributed by atoms with van der Waals surface area (Å²) in [5.74, 6) is 0.645. The zero-order chi connectivity index (χ0) is 16.7. The molecule has 2 rings (SSSR count). The molecular formula is C18H34ClN3O2. The summed E-state index contributed by atoms with van der Waals surface area (Å²) in [5.41, 5.74) is 0. The Balaban J connectivity index is 0.00000288. The highest BCUT2D eigenvalue weighted by atomic mass is 35.5. The third-order valence-electron chi connectivity index (χ3n) is 5.15. The standard InChI is InChI=1S/C18H33N3O2.ClH/c1-3-8-15-11-21(12-17(15)19-14(2)22)13-18(23)20-16-9-6-4-5-7-10-16;/h15-17H,3-13H2,1-2H3,(H,19,22)(H,20,23);1H/t15-,17-;/m0./s1. The van der Waals surface area contributed by atoms with Crippen molar-refractivity contribution in [1.29, 1.82) is 0 Å². The SMILES string of the molecule is CCC[C@H]1CN(CC(=O)NC2CCCCCC2)C[C@@H]1NC(C)=O.Cl. The van der Waals surface area contributed by atoms with Gasteiger partial charge in [0.1, 0.15) is 0 Å². The Labute approximate surface area is 152 Å². The third-order valence-corrected chi connectivity index (χ3v) is 5.15. The zero-order valence-corrected chi connectivity index (χ0v) is 16.0. The molecule has 0 spiro atoms. The van der Waals surface area contributed by atoms with Gasteiger partial charge in [0.05, 0.1) is 6.54 Å². The topological polar surface area (TPSA) is 61.4 Å². The highest BCUT2D eigenvalue weighted by molar-refractivity contribution is 5.85. The number of nitrogens with one attached hydrogen (secondary N) is 2. The molecule has 0 aromatic carbocycles. The summed E-state index contributed by atoms with van der Waals surface area (Å²) in [4.78, 5) is 25.9. The number of amides is 2. The van der Waals surface area contributed by atoms with Crippen LogP contribution in [0.25, 0.3) is 0 Å². The number of nitrogens with zero attached hydrogens (tertiary/aromatic N) is 1. The number of rotatable bonds is 6. The van der Waals surface area contributed by atoms with Crippen LogP contribution >= 0.6 is 12.4 Å². The predicted molar refractivity (Wildman–Crippen MR) is 99.3 cm³/mol. The maximum atomic E-state index is 12.3. The summed E-state index contributed by atoms with van der Waals surface area (Å²) >= 11 is 0. The number of carbonyl (C=O) groups excluding carboxylic acids is 2. The Morgan fingerprint density at radius 1 is 1.04 bits per heavy atom. The molecule has 2 fully saturated rings. The van der Waals surface area contributed by atoms with Crippen LogP contribution in [0.1, 0.15) is 65.2 Å². The summed E-state index contributed by atoms with van der Waals surface area (Å²) in [7, 11) is 0. The molecular weight excluding hydrogens is 326 g/mol. The fourth-order valence-electron chi connectivity index (χ4n) is 4.08. The van der Waals surface area contributed by atoms with Crippen LogP contribution in [0.3, 0.4) is 0 Å². The smallest absolute Gasteiger partial charge is 0.234 e. The van der Waals surface area contributed by atoms with Gasteiger partial charge in [-0.05, 0) is 25.2 Å². The monoisotopic (exact) mass is 359 g/mol. The predicted octanol–water partition coefficient (Wildman–Crippen LogP) is 2.48. The highest BCUT2D eigenvalue weighted by Crippen LogP contribution is 2.22. The van der Waals surface area contributed by atoms with Crippen LogP contribution in [0.15, 0.2) is 0 Å². The zero-order valence-electron chi connectivity index (χ0n) is 15.2. The van der Waals surface area contributed by atoms with Crippen molar-refractivity contribution in [3.05, 3.63) is 0 Å². The van der Waals surface area contributed by atoms with Crippen molar-refractivity contribution in [2.24, 2.45) is 5.92 Å². The second-order valence-electron chi connectivity index (χ2n) is 7.31. The molecule has 1 heterocycles. The third kappa shape index (κ3) is 6.98. The van der Waals surface area contributed by atoms with Crippen LogP contribution < -0.4 is 10.6 Å². The van der Waals surface area contributed by atoms with E-state index in [0.717, 1.165) is 38.8 Å². The number of halogens is 1. The van der Waals surface area contributed by atoms with Crippen LogP contribution in [-0.2, 0) is 9.59 Å². The maximum Gasteiger partial charge on any atom is 0.234 e. The molecule has 1 aliphatic heterocycles. The molecule has 2 N–H and O–H groups in total. The van der Waals surface area contributed by atoms with Crippen molar-refractivity contribution in [2.75, 3.05) is 19.6 Å². The van der Waals surface area contributed by atoms with E-state index in [1.165, 1.54) is 25.7 Å². The fraction of sp³-hybridized carbons (Fsp3) is 0.889. The van der Waals surface area contributed by atoms with E-state index in [2.05, 4.69) is 22.5 Å². The average molecular weight is 360 g/mol. The summed E-state index contributed by atoms with van der Waals surface area (Å²) in [6.45, 7) is 5.92. The molecule has 2 aliphatic rings. The molecule has 0 radical (unpaired) electrons. The Morgan fingerprint density at radius 2 is 1.71 bits per heavy atom. The largest absolute Gasteiger partial charge is 0.352 e. The summed E-state index contributed by atoms with van der Waals surface area (Å²) < 4.78 is 0. The van der Waals surface area contributed by atoms with Gasteiger partial charge in [0, 0.05) is 32.1 Å². The van der Waals surface area contributed by atoms with Gasteiger partial charge in [-0.1, -0.05) is 39.0 Å². The molecule has 2 amide bonds. The van der Waals surface area contributed by atoms with E-state index in [9.17, 15) is 9.59 Å². The minimum atomic E-state index is 0. The lowest BCUT2D eigenvalue weighted by Crippen LogP contribution is -2.43. The molecule has 0 aromatic heterocycles.